The van der Waals surface area contributed by atoms with E-state index in [2.05, 4.69) is 5.32 Å². The van der Waals surface area contributed by atoms with Gasteiger partial charge in [0.25, 0.3) is 0 Å². The Balaban J connectivity index is 2.68. The van der Waals surface area contributed by atoms with Crippen molar-refractivity contribution in [2.45, 2.75) is 20.0 Å². The maximum atomic E-state index is 8.62. The fraction of sp³-hybridized carbons (Fsp3) is 1.00. The number of hydrogen-bond donors (Lipinski definition) is 2. The second kappa shape index (κ2) is 4.09. The quantitative estimate of drug-likeness (QED) is 0.526. The molecule has 0 bridgehead atoms. The van der Waals surface area contributed by atoms with Crippen LogP contribution in [0, 0.1) is 0 Å². The van der Waals surface area contributed by atoms with E-state index in [0.29, 0.717) is 6.54 Å². The molecular formula is C5H13NO. The lowest BCUT2D eigenvalue weighted by atomic mass is 10.4. The molecule has 1 unspecified atom stereocenters. The standard InChI is InChI=1S/C5H13NO/c1-3-6-4-5(2)7/h5-7H,3-4H2,1-2H3. The van der Waals surface area contributed by atoms with E-state index in [-0.39, 0.29) is 6.10 Å². The molecule has 0 saturated carbocycles. The Morgan fingerprint density at radius 3 is 2.43 bits per heavy atom. The largest absolute Gasteiger partial charge is 0.392 e. The van der Waals surface area contributed by atoms with E-state index in [1.807, 2.05) is 6.92 Å². The van der Waals surface area contributed by atoms with Gasteiger partial charge >= 0.3 is 0 Å². The Morgan fingerprint density at radius 2 is 2.29 bits per heavy atom. The van der Waals surface area contributed by atoms with Crippen LogP contribution in [-0.2, 0) is 0 Å². The van der Waals surface area contributed by atoms with Gasteiger partial charge in [0, 0.05) is 6.54 Å². The summed E-state index contributed by atoms with van der Waals surface area (Å²) in [6, 6.07) is 0. The molecule has 0 fully saturated rings. The van der Waals surface area contributed by atoms with Gasteiger partial charge in [-0.3, -0.25) is 0 Å². The van der Waals surface area contributed by atoms with Crippen molar-refractivity contribution in [2.24, 2.45) is 0 Å². The highest BCUT2D eigenvalue weighted by Gasteiger charge is 1.88. The Bertz CT molecular complexity index is 37.1. The lowest BCUT2D eigenvalue weighted by Crippen LogP contribution is -2.23. The maximum absolute atomic E-state index is 8.62. The smallest absolute Gasteiger partial charge is 0.0636 e. The first-order valence-corrected chi connectivity index (χ1v) is 2.66. The maximum Gasteiger partial charge on any atom is 0.0636 e. The zero-order chi connectivity index (χ0) is 5.70. The molecule has 2 N–H and O–H groups in total. The van der Waals surface area contributed by atoms with Gasteiger partial charge in [-0.25, -0.2) is 0 Å². The van der Waals surface area contributed by atoms with Crippen LogP contribution in [0.4, 0.5) is 0 Å². The second-order valence-corrected chi connectivity index (χ2v) is 1.66. The summed E-state index contributed by atoms with van der Waals surface area (Å²) in [5.74, 6) is 0. The Morgan fingerprint density at radius 1 is 1.71 bits per heavy atom. The van der Waals surface area contributed by atoms with Crippen molar-refractivity contribution in [3.05, 3.63) is 0 Å². The van der Waals surface area contributed by atoms with Gasteiger partial charge in [-0.1, -0.05) is 6.92 Å². The molecule has 0 aromatic carbocycles. The fourth-order valence-corrected chi connectivity index (χ4v) is 0.353. The number of rotatable bonds is 3. The molecule has 0 rings (SSSR count). The molecule has 0 aromatic heterocycles. The van der Waals surface area contributed by atoms with Gasteiger partial charge < -0.3 is 10.4 Å². The highest BCUT2D eigenvalue weighted by atomic mass is 16.3. The number of likely N-dealkylation sites (N-methyl/N-ethyl adjacent to an activating group) is 1. The van der Waals surface area contributed by atoms with Gasteiger partial charge in [-0.05, 0) is 13.5 Å². The van der Waals surface area contributed by atoms with Gasteiger partial charge in [0.1, 0.15) is 0 Å². The van der Waals surface area contributed by atoms with Crippen LogP contribution in [0.15, 0.2) is 0 Å². The summed E-state index contributed by atoms with van der Waals surface area (Å²) < 4.78 is 0. The molecule has 0 saturated heterocycles. The van der Waals surface area contributed by atoms with Crippen molar-refractivity contribution in [2.75, 3.05) is 13.1 Å². The average Bonchev–Trinajstić information content (AvgIpc) is 1.61. The third kappa shape index (κ3) is 5.92. The van der Waals surface area contributed by atoms with Gasteiger partial charge in [0.05, 0.1) is 6.10 Å². The SMILES string of the molecule is CCNCC(C)O. The van der Waals surface area contributed by atoms with Crippen molar-refractivity contribution < 1.29 is 5.11 Å². The molecular weight excluding hydrogens is 90.1 g/mol. The van der Waals surface area contributed by atoms with Gasteiger partial charge in [0.15, 0.2) is 0 Å². The van der Waals surface area contributed by atoms with E-state index in [4.69, 9.17) is 5.11 Å². The summed E-state index contributed by atoms with van der Waals surface area (Å²) in [5.41, 5.74) is 0. The number of aliphatic hydroxyl groups is 1. The first-order chi connectivity index (χ1) is 3.27. The predicted octanol–water partition coefficient (Wildman–Crippen LogP) is -0.0233. The van der Waals surface area contributed by atoms with Crippen LogP contribution in [0.2, 0.25) is 0 Å². The molecule has 2 heteroatoms. The molecule has 2 nitrogen and oxygen atoms in total. The molecule has 0 aromatic rings. The van der Waals surface area contributed by atoms with Crippen molar-refractivity contribution in [1.29, 1.82) is 0 Å². The van der Waals surface area contributed by atoms with Gasteiger partial charge in [0.2, 0.25) is 0 Å². The fourth-order valence-electron chi connectivity index (χ4n) is 0.353. The van der Waals surface area contributed by atoms with Crippen molar-refractivity contribution in [3.63, 3.8) is 0 Å². The summed E-state index contributed by atoms with van der Waals surface area (Å²) in [6.07, 6.45) is -0.208. The summed E-state index contributed by atoms with van der Waals surface area (Å²) in [5, 5.41) is 11.6. The molecule has 0 amide bonds. The zero-order valence-corrected chi connectivity index (χ0v) is 4.94. The monoisotopic (exact) mass is 103 g/mol. The minimum absolute atomic E-state index is 0.208. The molecule has 0 heterocycles. The third-order valence-corrected chi connectivity index (χ3v) is 0.690. The molecule has 0 aliphatic rings. The molecule has 44 valence electrons. The number of aliphatic hydroxyl groups excluding tert-OH is 1. The molecule has 0 radical (unpaired) electrons. The number of hydrogen-bond acceptors (Lipinski definition) is 2. The van der Waals surface area contributed by atoms with Crippen LogP contribution in [0.25, 0.3) is 0 Å². The Labute approximate surface area is 44.5 Å². The lowest BCUT2D eigenvalue weighted by Gasteiger charge is -2.01. The Hall–Kier alpha value is -0.0800. The molecule has 0 aliphatic carbocycles. The predicted molar refractivity (Wildman–Crippen MR) is 30.2 cm³/mol. The first kappa shape index (κ1) is 6.92. The lowest BCUT2D eigenvalue weighted by molar-refractivity contribution is 0.192. The van der Waals surface area contributed by atoms with Crippen molar-refractivity contribution in [1.82, 2.24) is 5.32 Å². The molecule has 1 atom stereocenters. The van der Waals surface area contributed by atoms with Crippen LogP contribution >= 0.6 is 0 Å². The van der Waals surface area contributed by atoms with Gasteiger partial charge in [-0.15, -0.1) is 0 Å². The highest BCUT2D eigenvalue weighted by Crippen LogP contribution is 1.71. The van der Waals surface area contributed by atoms with Crippen LogP contribution in [0.5, 0.6) is 0 Å². The second-order valence-electron chi connectivity index (χ2n) is 1.66. The Kier molecular flexibility index (Phi) is 4.04. The van der Waals surface area contributed by atoms with Crippen molar-refractivity contribution >= 4 is 0 Å². The molecule has 7 heavy (non-hydrogen) atoms. The third-order valence-electron chi connectivity index (χ3n) is 0.690. The zero-order valence-electron chi connectivity index (χ0n) is 4.94. The molecule has 0 aliphatic heterocycles. The van der Waals surface area contributed by atoms with Crippen LogP contribution in [-0.4, -0.2) is 24.3 Å². The average molecular weight is 103 g/mol. The van der Waals surface area contributed by atoms with E-state index in [1.54, 1.807) is 6.92 Å². The van der Waals surface area contributed by atoms with Crippen molar-refractivity contribution in [3.8, 4) is 0 Å². The van der Waals surface area contributed by atoms with E-state index >= 15 is 0 Å². The van der Waals surface area contributed by atoms with E-state index in [1.165, 1.54) is 0 Å². The normalized spacial score (nSPS) is 14.1. The number of nitrogens with one attached hydrogen (secondary N) is 1. The van der Waals surface area contributed by atoms with Crippen LogP contribution in [0.3, 0.4) is 0 Å². The van der Waals surface area contributed by atoms with E-state index in [9.17, 15) is 0 Å². The summed E-state index contributed by atoms with van der Waals surface area (Å²) in [4.78, 5) is 0. The van der Waals surface area contributed by atoms with Crippen LogP contribution in [0.1, 0.15) is 13.8 Å². The summed E-state index contributed by atoms with van der Waals surface area (Å²) in [7, 11) is 0. The van der Waals surface area contributed by atoms with E-state index in [0.717, 1.165) is 6.54 Å². The molecule has 0 spiro atoms. The first-order valence-electron chi connectivity index (χ1n) is 2.66. The minimum Gasteiger partial charge on any atom is -0.392 e. The summed E-state index contributed by atoms with van der Waals surface area (Å²) >= 11 is 0. The summed E-state index contributed by atoms with van der Waals surface area (Å²) in [6.45, 7) is 5.42. The van der Waals surface area contributed by atoms with Gasteiger partial charge in [-0.2, -0.15) is 0 Å². The van der Waals surface area contributed by atoms with E-state index < -0.39 is 0 Å². The minimum atomic E-state index is -0.208. The van der Waals surface area contributed by atoms with Crippen LogP contribution < -0.4 is 5.32 Å². The topological polar surface area (TPSA) is 32.3 Å². The highest BCUT2D eigenvalue weighted by molar-refractivity contribution is 4.48.